The normalized spacial score (nSPS) is 15.6. The molecule has 2 nitrogen and oxygen atoms in total. The zero-order valence-electron chi connectivity index (χ0n) is 21.8. The van der Waals surface area contributed by atoms with Gasteiger partial charge in [-0.3, -0.25) is 9.59 Å². The molecule has 0 heterocycles. The first-order valence-electron chi connectivity index (χ1n) is 13.2. The Balaban J connectivity index is 2.33. The summed E-state index contributed by atoms with van der Waals surface area (Å²) in [5.74, 6) is 0.421. The van der Waals surface area contributed by atoms with Crippen molar-refractivity contribution in [3.05, 3.63) is 46.6 Å². The van der Waals surface area contributed by atoms with E-state index in [1.54, 1.807) is 0 Å². The third kappa shape index (κ3) is 9.43. The van der Waals surface area contributed by atoms with E-state index < -0.39 is 0 Å². The van der Waals surface area contributed by atoms with Crippen molar-refractivity contribution in [3.8, 4) is 0 Å². The highest BCUT2D eigenvalue weighted by molar-refractivity contribution is 6.25. The predicted molar refractivity (Wildman–Crippen MR) is 139 cm³/mol. The molecule has 0 N–H and O–H groups in total. The quantitative estimate of drug-likeness (QED) is 0.136. The zero-order chi connectivity index (χ0) is 23.9. The highest BCUT2D eigenvalue weighted by atomic mass is 16.1. The van der Waals surface area contributed by atoms with Gasteiger partial charge in [-0.15, -0.1) is 0 Å². The molecule has 0 radical (unpaired) electrons. The number of Topliss-reactive ketones (excluding diaryl/α,β-unsaturated/α-hetero) is 2. The minimum Gasteiger partial charge on any atom is -0.289 e. The Morgan fingerprint density at radius 3 is 1.75 bits per heavy atom. The summed E-state index contributed by atoms with van der Waals surface area (Å²) in [4.78, 5) is 26.1. The summed E-state index contributed by atoms with van der Waals surface area (Å²) in [5.41, 5.74) is 2.96. The van der Waals surface area contributed by atoms with Gasteiger partial charge in [-0.05, 0) is 63.7 Å². The molecule has 0 unspecified atom stereocenters. The lowest BCUT2D eigenvalue weighted by atomic mass is 9.75. The van der Waals surface area contributed by atoms with Crippen molar-refractivity contribution in [2.45, 2.75) is 119 Å². The van der Waals surface area contributed by atoms with Crippen LogP contribution in [0.15, 0.2) is 46.6 Å². The summed E-state index contributed by atoms with van der Waals surface area (Å²) in [5, 5.41) is 0. The van der Waals surface area contributed by atoms with E-state index in [-0.39, 0.29) is 23.4 Å². The van der Waals surface area contributed by atoms with Crippen molar-refractivity contribution >= 4 is 11.6 Å². The van der Waals surface area contributed by atoms with Gasteiger partial charge in [0.1, 0.15) is 0 Å². The second-order valence-electron chi connectivity index (χ2n) is 9.88. The Morgan fingerprint density at radius 2 is 1.19 bits per heavy atom. The minimum absolute atomic E-state index is 0.0950. The molecule has 0 atom stereocenters. The number of unbranched alkanes of at least 4 members (excludes halogenated alkanes) is 8. The van der Waals surface area contributed by atoms with Crippen LogP contribution < -0.4 is 0 Å². The lowest BCUT2D eigenvalue weighted by Crippen LogP contribution is -2.27. The molecule has 0 spiro atoms. The fourth-order valence-electron chi connectivity index (χ4n) is 4.59. The summed E-state index contributed by atoms with van der Waals surface area (Å²) in [6.07, 6.45) is 23.1. The molecule has 1 aliphatic rings. The maximum absolute atomic E-state index is 13.1. The molecular formula is C30H48O2. The largest absolute Gasteiger partial charge is 0.289 e. The average Bonchev–Trinajstić information content (AvgIpc) is 2.73. The summed E-state index contributed by atoms with van der Waals surface area (Å²) < 4.78 is 0. The Labute approximate surface area is 198 Å². The molecule has 0 bridgehead atoms. The van der Waals surface area contributed by atoms with Crippen LogP contribution in [0.3, 0.4) is 0 Å². The van der Waals surface area contributed by atoms with Gasteiger partial charge in [-0.1, -0.05) is 91.0 Å². The standard InChI is InChI=1S/C30H48O2/c1-7-8-9-10-11-12-13-14-15-16-17-18-19-20-21-22-26-28(24(4)5)30(32)27(23(2)3)25(6)29(26)31/h11-12,14-15,23-24H,7-10,13,16-22H2,1-6H3/b12-11+,15-14+. The minimum atomic E-state index is 0.0950. The predicted octanol–water partition coefficient (Wildman–Crippen LogP) is 8.88. The second kappa shape index (κ2) is 16.0. The van der Waals surface area contributed by atoms with Crippen molar-refractivity contribution in [2.24, 2.45) is 11.8 Å². The van der Waals surface area contributed by atoms with Gasteiger partial charge in [0.25, 0.3) is 0 Å². The number of hydrogen-bond donors (Lipinski definition) is 0. The lowest BCUT2D eigenvalue weighted by molar-refractivity contribution is -0.117. The number of hydrogen-bond acceptors (Lipinski definition) is 2. The number of ketones is 2. The number of allylic oxidation sites excluding steroid dienone is 8. The number of carbonyl (C=O) groups excluding carboxylic acids is 2. The molecule has 0 fully saturated rings. The first-order chi connectivity index (χ1) is 15.3. The van der Waals surface area contributed by atoms with Gasteiger partial charge in [0.15, 0.2) is 11.6 Å². The van der Waals surface area contributed by atoms with Crippen LogP contribution in [-0.4, -0.2) is 11.6 Å². The Hall–Kier alpha value is -1.70. The summed E-state index contributed by atoms with van der Waals surface area (Å²) in [7, 11) is 0. The topological polar surface area (TPSA) is 34.1 Å². The van der Waals surface area contributed by atoms with Crippen LogP contribution in [0.4, 0.5) is 0 Å². The maximum Gasteiger partial charge on any atom is 0.186 e. The molecule has 0 saturated heterocycles. The molecule has 0 aromatic carbocycles. The van der Waals surface area contributed by atoms with Crippen molar-refractivity contribution < 1.29 is 9.59 Å². The first kappa shape index (κ1) is 28.3. The molecule has 180 valence electrons. The van der Waals surface area contributed by atoms with Crippen molar-refractivity contribution in [1.82, 2.24) is 0 Å². The van der Waals surface area contributed by atoms with E-state index in [0.29, 0.717) is 5.57 Å². The molecule has 1 rings (SSSR count). The SMILES string of the molecule is CCCCC/C=C/C/C=C/CCCCCCCC1=C(C(C)C)C(=O)C(C(C)C)=C(C)C1=O. The molecule has 32 heavy (non-hydrogen) atoms. The molecule has 0 aromatic heterocycles. The van der Waals surface area contributed by atoms with E-state index in [9.17, 15) is 9.59 Å². The molecule has 0 amide bonds. The summed E-state index contributed by atoms with van der Waals surface area (Å²) in [6.45, 7) is 12.2. The summed E-state index contributed by atoms with van der Waals surface area (Å²) >= 11 is 0. The van der Waals surface area contributed by atoms with Gasteiger partial charge in [0.2, 0.25) is 0 Å². The fourth-order valence-corrected chi connectivity index (χ4v) is 4.59. The lowest BCUT2D eigenvalue weighted by Gasteiger charge is -2.26. The van der Waals surface area contributed by atoms with Gasteiger partial charge >= 0.3 is 0 Å². The molecule has 0 aliphatic heterocycles. The first-order valence-corrected chi connectivity index (χ1v) is 13.2. The average molecular weight is 441 g/mol. The van der Waals surface area contributed by atoms with Crippen LogP contribution in [-0.2, 0) is 9.59 Å². The Bertz CT molecular complexity index is 713. The van der Waals surface area contributed by atoms with E-state index in [2.05, 4.69) is 31.2 Å². The van der Waals surface area contributed by atoms with E-state index in [1.165, 1.54) is 44.9 Å². The molecule has 0 aromatic rings. The van der Waals surface area contributed by atoms with Crippen LogP contribution in [0.2, 0.25) is 0 Å². The van der Waals surface area contributed by atoms with Crippen LogP contribution >= 0.6 is 0 Å². The van der Waals surface area contributed by atoms with Crippen molar-refractivity contribution in [2.75, 3.05) is 0 Å². The molecule has 2 heteroatoms. The Morgan fingerprint density at radius 1 is 0.656 bits per heavy atom. The van der Waals surface area contributed by atoms with Crippen LogP contribution in [0.5, 0.6) is 0 Å². The van der Waals surface area contributed by atoms with Gasteiger partial charge in [0, 0.05) is 22.3 Å². The van der Waals surface area contributed by atoms with Gasteiger partial charge in [-0.25, -0.2) is 0 Å². The Kier molecular flexibility index (Phi) is 14.2. The van der Waals surface area contributed by atoms with Gasteiger partial charge < -0.3 is 0 Å². The number of rotatable bonds is 16. The van der Waals surface area contributed by atoms with Crippen LogP contribution in [0.25, 0.3) is 0 Å². The maximum atomic E-state index is 13.1. The van der Waals surface area contributed by atoms with Crippen molar-refractivity contribution in [3.63, 3.8) is 0 Å². The molecule has 1 aliphatic carbocycles. The fraction of sp³-hybridized carbons (Fsp3) is 0.667. The van der Waals surface area contributed by atoms with Crippen molar-refractivity contribution in [1.29, 1.82) is 0 Å². The van der Waals surface area contributed by atoms with E-state index in [1.807, 2.05) is 34.6 Å². The van der Waals surface area contributed by atoms with E-state index >= 15 is 0 Å². The smallest absolute Gasteiger partial charge is 0.186 e. The van der Waals surface area contributed by atoms with Crippen LogP contribution in [0, 0.1) is 11.8 Å². The van der Waals surface area contributed by atoms with E-state index in [4.69, 9.17) is 0 Å². The highest BCUT2D eigenvalue weighted by Gasteiger charge is 2.34. The zero-order valence-corrected chi connectivity index (χ0v) is 21.8. The highest BCUT2D eigenvalue weighted by Crippen LogP contribution is 2.34. The molecule has 0 saturated carbocycles. The summed E-state index contributed by atoms with van der Waals surface area (Å²) in [6, 6.07) is 0. The van der Waals surface area contributed by atoms with E-state index in [0.717, 1.165) is 48.8 Å². The van der Waals surface area contributed by atoms with Crippen LogP contribution in [0.1, 0.15) is 119 Å². The monoisotopic (exact) mass is 440 g/mol. The van der Waals surface area contributed by atoms with Gasteiger partial charge in [-0.2, -0.15) is 0 Å². The number of carbonyl (C=O) groups is 2. The third-order valence-electron chi connectivity index (χ3n) is 6.37. The van der Waals surface area contributed by atoms with Gasteiger partial charge in [0.05, 0.1) is 0 Å². The second-order valence-corrected chi connectivity index (χ2v) is 9.88. The third-order valence-corrected chi connectivity index (χ3v) is 6.37. The molecular weight excluding hydrogens is 392 g/mol.